The van der Waals surface area contributed by atoms with Gasteiger partial charge in [-0.05, 0) is 55.1 Å². The fourth-order valence-corrected chi connectivity index (χ4v) is 2.48. The Morgan fingerprint density at radius 2 is 1.88 bits per heavy atom. The first-order chi connectivity index (χ1) is 8.20. The van der Waals surface area contributed by atoms with E-state index in [1.54, 1.807) is 11.3 Å². The Morgan fingerprint density at radius 3 is 2.47 bits per heavy atom. The molecule has 2 rings (SSSR count). The summed E-state index contributed by atoms with van der Waals surface area (Å²) in [5.41, 5.74) is 1.80. The van der Waals surface area contributed by atoms with Gasteiger partial charge in [-0.2, -0.15) is 0 Å². The molecule has 1 heterocycles. The van der Waals surface area contributed by atoms with Crippen LogP contribution in [0.5, 0.6) is 5.75 Å². The zero-order valence-electron chi connectivity index (χ0n) is 9.84. The van der Waals surface area contributed by atoms with Gasteiger partial charge >= 0.3 is 0 Å². The lowest BCUT2D eigenvalue weighted by molar-refractivity contribution is 0.112. The number of aldehydes is 1. The maximum atomic E-state index is 10.9. The zero-order chi connectivity index (χ0) is 12.3. The molecule has 0 spiro atoms. The summed E-state index contributed by atoms with van der Waals surface area (Å²) in [4.78, 5) is 11.9. The van der Waals surface area contributed by atoms with Crippen LogP contribution in [0.15, 0.2) is 35.7 Å². The molecule has 0 aliphatic heterocycles. The van der Waals surface area contributed by atoms with Crippen molar-refractivity contribution in [1.82, 2.24) is 0 Å². The van der Waals surface area contributed by atoms with Crippen LogP contribution >= 0.6 is 11.3 Å². The summed E-state index contributed by atoms with van der Waals surface area (Å²) in [5, 5.41) is 1.93. The van der Waals surface area contributed by atoms with Crippen LogP contribution in [0, 0.1) is 0 Å². The van der Waals surface area contributed by atoms with Gasteiger partial charge in [0, 0.05) is 10.4 Å². The van der Waals surface area contributed by atoms with Gasteiger partial charge in [0.1, 0.15) is 5.75 Å². The highest BCUT2D eigenvalue weighted by atomic mass is 32.1. The molecule has 0 bridgehead atoms. The topological polar surface area (TPSA) is 26.3 Å². The Balaban J connectivity index is 2.26. The largest absolute Gasteiger partial charge is 0.491 e. The molecule has 0 aliphatic rings. The van der Waals surface area contributed by atoms with E-state index in [9.17, 15) is 4.79 Å². The Kier molecular flexibility index (Phi) is 3.59. The zero-order valence-corrected chi connectivity index (χ0v) is 10.7. The average molecular weight is 246 g/mol. The first-order valence-corrected chi connectivity index (χ1v) is 6.38. The predicted octanol–water partition coefficient (Wildman–Crippen LogP) is 4.01. The Labute approximate surface area is 105 Å². The van der Waals surface area contributed by atoms with E-state index in [2.05, 4.69) is 0 Å². The van der Waals surface area contributed by atoms with E-state index >= 15 is 0 Å². The molecule has 0 saturated heterocycles. The van der Waals surface area contributed by atoms with Crippen LogP contribution < -0.4 is 4.74 Å². The molecule has 1 aromatic heterocycles. The number of hydrogen-bond donors (Lipinski definition) is 0. The van der Waals surface area contributed by atoms with Crippen molar-refractivity contribution in [2.24, 2.45) is 0 Å². The van der Waals surface area contributed by atoms with Crippen LogP contribution in [0.1, 0.15) is 24.2 Å². The summed E-state index contributed by atoms with van der Waals surface area (Å²) in [7, 11) is 0. The number of ether oxygens (including phenoxy) is 1. The van der Waals surface area contributed by atoms with E-state index in [0.29, 0.717) is 0 Å². The van der Waals surface area contributed by atoms with E-state index in [1.165, 1.54) is 0 Å². The third-order valence-corrected chi connectivity index (χ3v) is 3.29. The number of thiophene rings is 1. The Hall–Kier alpha value is -1.61. The van der Waals surface area contributed by atoms with E-state index in [1.807, 2.05) is 49.6 Å². The number of hydrogen-bond acceptors (Lipinski definition) is 3. The lowest BCUT2D eigenvalue weighted by Crippen LogP contribution is -2.05. The van der Waals surface area contributed by atoms with E-state index in [4.69, 9.17) is 4.74 Å². The molecule has 0 aliphatic carbocycles. The first kappa shape index (κ1) is 11.9. The summed E-state index contributed by atoms with van der Waals surface area (Å²) in [6, 6.07) is 9.67. The van der Waals surface area contributed by atoms with Crippen molar-refractivity contribution < 1.29 is 9.53 Å². The highest BCUT2D eigenvalue weighted by Crippen LogP contribution is 2.29. The highest BCUT2D eigenvalue weighted by molar-refractivity contribution is 7.14. The lowest BCUT2D eigenvalue weighted by Gasteiger charge is -2.09. The second kappa shape index (κ2) is 5.15. The van der Waals surface area contributed by atoms with Crippen molar-refractivity contribution in [2.75, 3.05) is 0 Å². The number of carbonyl (C=O) groups is 1. The quantitative estimate of drug-likeness (QED) is 0.762. The van der Waals surface area contributed by atoms with Crippen molar-refractivity contribution in [1.29, 1.82) is 0 Å². The summed E-state index contributed by atoms with van der Waals surface area (Å²) >= 11 is 1.57. The minimum absolute atomic E-state index is 0.174. The average Bonchev–Trinajstić information content (AvgIpc) is 2.77. The maximum absolute atomic E-state index is 10.9. The summed E-state index contributed by atoms with van der Waals surface area (Å²) < 4.78 is 5.58. The minimum atomic E-state index is 0.174. The third kappa shape index (κ3) is 2.74. The summed E-state index contributed by atoms with van der Waals surface area (Å²) in [6.45, 7) is 4.00. The van der Waals surface area contributed by atoms with Crippen molar-refractivity contribution in [3.8, 4) is 16.2 Å². The third-order valence-electron chi connectivity index (χ3n) is 2.31. The molecule has 2 aromatic rings. The van der Waals surface area contributed by atoms with Crippen LogP contribution in [-0.2, 0) is 0 Å². The molecular formula is C14H14O2S. The summed E-state index contributed by atoms with van der Waals surface area (Å²) in [5.74, 6) is 0.855. The number of carbonyl (C=O) groups excluding carboxylic acids is 1. The molecule has 0 saturated carbocycles. The number of rotatable bonds is 4. The molecule has 0 N–H and O–H groups in total. The molecule has 1 aromatic carbocycles. The molecule has 0 fully saturated rings. The first-order valence-electron chi connectivity index (χ1n) is 5.50. The molecule has 0 amide bonds. The van der Waals surface area contributed by atoms with Crippen molar-refractivity contribution in [3.63, 3.8) is 0 Å². The highest BCUT2D eigenvalue weighted by Gasteiger charge is 2.06. The Bertz CT molecular complexity index is 497. The van der Waals surface area contributed by atoms with Crippen molar-refractivity contribution in [3.05, 3.63) is 41.3 Å². The van der Waals surface area contributed by atoms with Crippen LogP contribution in [-0.4, -0.2) is 12.4 Å². The maximum Gasteiger partial charge on any atom is 0.151 e. The molecule has 0 radical (unpaired) electrons. The van der Waals surface area contributed by atoms with Gasteiger partial charge in [-0.1, -0.05) is 0 Å². The number of benzene rings is 1. The molecule has 17 heavy (non-hydrogen) atoms. The van der Waals surface area contributed by atoms with E-state index in [0.717, 1.165) is 28.0 Å². The monoisotopic (exact) mass is 246 g/mol. The SMILES string of the molecule is CC(C)Oc1ccc(-c2sccc2C=O)cc1. The molecule has 2 nitrogen and oxygen atoms in total. The second-order valence-electron chi connectivity index (χ2n) is 4.01. The normalized spacial score (nSPS) is 10.5. The predicted molar refractivity (Wildman–Crippen MR) is 70.9 cm³/mol. The van der Waals surface area contributed by atoms with E-state index in [-0.39, 0.29) is 6.10 Å². The molecular weight excluding hydrogens is 232 g/mol. The van der Waals surface area contributed by atoms with E-state index < -0.39 is 0 Å². The molecule has 88 valence electrons. The minimum Gasteiger partial charge on any atom is -0.491 e. The van der Waals surface area contributed by atoms with Crippen LogP contribution in [0.3, 0.4) is 0 Å². The lowest BCUT2D eigenvalue weighted by atomic mass is 10.1. The van der Waals surface area contributed by atoms with Crippen molar-refractivity contribution in [2.45, 2.75) is 20.0 Å². The fourth-order valence-electron chi connectivity index (χ4n) is 1.60. The van der Waals surface area contributed by atoms with Crippen LogP contribution in [0.2, 0.25) is 0 Å². The fraction of sp³-hybridized carbons (Fsp3) is 0.214. The van der Waals surface area contributed by atoms with Crippen LogP contribution in [0.25, 0.3) is 10.4 Å². The standard InChI is InChI=1S/C14H14O2S/c1-10(2)16-13-5-3-11(4-6-13)14-12(9-15)7-8-17-14/h3-10H,1-2H3. The van der Waals surface area contributed by atoms with Gasteiger partial charge < -0.3 is 4.74 Å². The van der Waals surface area contributed by atoms with Gasteiger partial charge in [0.05, 0.1) is 6.10 Å². The van der Waals surface area contributed by atoms with Crippen LogP contribution in [0.4, 0.5) is 0 Å². The molecule has 3 heteroatoms. The van der Waals surface area contributed by atoms with Gasteiger partial charge in [0.2, 0.25) is 0 Å². The molecule has 0 atom stereocenters. The van der Waals surface area contributed by atoms with Gasteiger partial charge in [-0.3, -0.25) is 4.79 Å². The van der Waals surface area contributed by atoms with Gasteiger partial charge in [0.15, 0.2) is 6.29 Å². The van der Waals surface area contributed by atoms with Gasteiger partial charge in [-0.15, -0.1) is 11.3 Å². The molecule has 0 unspecified atom stereocenters. The van der Waals surface area contributed by atoms with Crippen molar-refractivity contribution >= 4 is 17.6 Å². The summed E-state index contributed by atoms with van der Waals surface area (Å²) in [6.07, 6.45) is 1.07. The van der Waals surface area contributed by atoms with Gasteiger partial charge in [-0.25, -0.2) is 0 Å². The van der Waals surface area contributed by atoms with Gasteiger partial charge in [0.25, 0.3) is 0 Å². The second-order valence-corrected chi connectivity index (χ2v) is 4.93. The smallest absolute Gasteiger partial charge is 0.151 e. The Morgan fingerprint density at radius 1 is 1.18 bits per heavy atom.